The van der Waals surface area contributed by atoms with Crippen LogP contribution in [0.2, 0.25) is 0 Å². The lowest BCUT2D eigenvalue weighted by molar-refractivity contribution is 0.218. The minimum Gasteiger partial charge on any atom is -0.493 e. The van der Waals surface area contributed by atoms with E-state index in [2.05, 4.69) is 0 Å². The Hall–Kier alpha value is -2.00. The van der Waals surface area contributed by atoms with Crippen molar-refractivity contribution in [2.45, 2.75) is 26.9 Å². The maximum atomic E-state index is 10.8. The van der Waals surface area contributed by atoms with Crippen molar-refractivity contribution in [2.75, 3.05) is 14.2 Å². The molecule has 0 saturated carbocycles. The zero-order valence-corrected chi connectivity index (χ0v) is 13.2. The Morgan fingerprint density at radius 3 is 2.10 bits per heavy atom. The molecule has 2 aromatic carbocycles. The molecule has 0 fully saturated rings. The second-order valence-electron chi connectivity index (χ2n) is 5.26. The highest BCUT2D eigenvalue weighted by Crippen LogP contribution is 2.36. The highest BCUT2D eigenvalue weighted by atomic mass is 16.5. The summed E-state index contributed by atoms with van der Waals surface area (Å²) >= 11 is 0. The Kier molecular flexibility index (Phi) is 4.53. The number of hydrogen-bond acceptors (Lipinski definition) is 3. The Morgan fingerprint density at radius 2 is 1.48 bits per heavy atom. The van der Waals surface area contributed by atoms with Crippen LogP contribution in [0, 0.1) is 20.8 Å². The van der Waals surface area contributed by atoms with Crippen LogP contribution in [-0.2, 0) is 0 Å². The van der Waals surface area contributed by atoms with Gasteiger partial charge in [0, 0.05) is 0 Å². The smallest absolute Gasteiger partial charge is 0.161 e. The first-order valence-electron chi connectivity index (χ1n) is 6.96. The maximum Gasteiger partial charge on any atom is 0.161 e. The third-order valence-corrected chi connectivity index (χ3v) is 4.01. The Morgan fingerprint density at radius 1 is 0.857 bits per heavy atom. The Bertz CT molecular complexity index is 647. The van der Waals surface area contributed by atoms with Crippen LogP contribution in [0.15, 0.2) is 30.3 Å². The number of aryl methyl sites for hydroxylation is 2. The molecule has 2 aromatic rings. The summed E-state index contributed by atoms with van der Waals surface area (Å²) in [6, 6.07) is 9.72. The van der Waals surface area contributed by atoms with E-state index in [-0.39, 0.29) is 0 Å². The van der Waals surface area contributed by atoms with E-state index < -0.39 is 6.10 Å². The standard InChI is InChI=1S/C18H22O3/c1-11-7-6-8-14(13(11)3)18(19)15-10-17(21-5)16(20-4)9-12(15)2/h6-10,18-19H,1-5H3. The van der Waals surface area contributed by atoms with Gasteiger partial charge >= 0.3 is 0 Å². The summed E-state index contributed by atoms with van der Waals surface area (Å²) in [4.78, 5) is 0. The lowest BCUT2D eigenvalue weighted by Crippen LogP contribution is -2.06. The van der Waals surface area contributed by atoms with Gasteiger partial charge in [-0.25, -0.2) is 0 Å². The predicted molar refractivity (Wildman–Crippen MR) is 84.3 cm³/mol. The van der Waals surface area contributed by atoms with Crippen LogP contribution in [0.1, 0.15) is 33.9 Å². The van der Waals surface area contributed by atoms with Gasteiger partial charge in [-0.1, -0.05) is 18.2 Å². The van der Waals surface area contributed by atoms with Crippen LogP contribution in [0.4, 0.5) is 0 Å². The number of rotatable bonds is 4. The third kappa shape index (κ3) is 2.88. The molecule has 2 rings (SSSR count). The molecule has 0 aliphatic heterocycles. The average Bonchev–Trinajstić information content (AvgIpc) is 2.49. The zero-order chi connectivity index (χ0) is 15.6. The molecule has 1 N–H and O–H groups in total. The number of hydrogen-bond donors (Lipinski definition) is 1. The van der Waals surface area contributed by atoms with E-state index in [1.807, 2.05) is 51.1 Å². The molecule has 0 amide bonds. The van der Waals surface area contributed by atoms with Crippen molar-refractivity contribution in [1.82, 2.24) is 0 Å². The van der Waals surface area contributed by atoms with Crippen LogP contribution in [0.5, 0.6) is 11.5 Å². The van der Waals surface area contributed by atoms with Crippen molar-refractivity contribution in [3.63, 3.8) is 0 Å². The highest BCUT2D eigenvalue weighted by molar-refractivity contribution is 5.50. The van der Waals surface area contributed by atoms with Gasteiger partial charge in [-0.3, -0.25) is 0 Å². The molecule has 0 heterocycles. The van der Waals surface area contributed by atoms with E-state index in [4.69, 9.17) is 9.47 Å². The molecular weight excluding hydrogens is 264 g/mol. The number of aliphatic hydroxyl groups is 1. The van der Waals surface area contributed by atoms with Crippen LogP contribution >= 0.6 is 0 Å². The molecule has 1 atom stereocenters. The first-order chi connectivity index (χ1) is 9.99. The quantitative estimate of drug-likeness (QED) is 0.931. The monoisotopic (exact) mass is 286 g/mol. The average molecular weight is 286 g/mol. The molecule has 21 heavy (non-hydrogen) atoms. The highest BCUT2D eigenvalue weighted by Gasteiger charge is 2.18. The summed E-state index contributed by atoms with van der Waals surface area (Å²) in [7, 11) is 3.21. The van der Waals surface area contributed by atoms with Crippen LogP contribution < -0.4 is 9.47 Å². The molecule has 0 aromatic heterocycles. The van der Waals surface area contributed by atoms with Crippen molar-refractivity contribution < 1.29 is 14.6 Å². The van der Waals surface area contributed by atoms with Crippen LogP contribution in [0.3, 0.4) is 0 Å². The molecule has 0 bridgehead atoms. The predicted octanol–water partition coefficient (Wildman–Crippen LogP) is 3.71. The topological polar surface area (TPSA) is 38.7 Å². The van der Waals surface area contributed by atoms with Crippen molar-refractivity contribution >= 4 is 0 Å². The maximum absolute atomic E-state index is 10.8. The normalized spacial score (nSPS) is 12.1. The van der Waals surface area contributed by atoms with E-state index >= 15 is 0 Å². The number of benzene rings is 2. The van der Waals surface area contributed by atoms with Crippen molar-refractivity contribution in [1.29, 1.82) is 0 Å². The molecule has 3 heteroatoms. The van der Waals surface area contributed by atoms with Gasteiger partial charge in [-0.05, 0) is 60.7 Å². The van der Waals surface area contributed by atoms with E-state index in [0.717, 1.165) is 22.3 Å². The lowest BCUT2D eigenvalue weighted by atomic mass is 9.92. The van der Waals surface area contributed by atoms with Crippen molar-refractivity contribution in [3.8, 4) is 11.5 Å². The van der Waals surface area contributed by atoms with Crippen molar-refractivity contribution in [2.24, 2.45) is 0 Å². The summed E-state index contributed by atoms with van der Waals surface area (Å²) in [6.45, 7) is 6.04. The van der Waals surface area contributed by atoms with Crippen LogP contribution in [0.25, 0.3) is 0 Å². The molecule has 0 saturated heterocycles. The van der Waals surface area contributed by atoms with E-state index in [1.165, 1.54) is 5.56 Å². The summed E-state index contributed by atoms with van der Waals surface area (Å²) in [5.74, 6) is 1.30. The van der Waals surface area contributed by atoms with Gasteiger partial charge in [-0.15, -0.1) is 0 Å². The molecule has 0 spiro atoms. The fourth-order valence-electron chi connectivity index (χ4n) is 2.53. The molecule has 1 unspecified atom stereocenters. The molecular formula is C18H22O3. The third-order valence-electron chi connectivity index (χ3n) is 4.01. The number of ether oxygens (including phenoxy) is 2. The second-order valence-corrected chi connectivity index (χ2v) is 5.26. The second kappa shape index (κ2) is 6.19. The first-order valence-corrected chi connectivity index (χ1v) is 6.96. The van der Waals surface area contributed by atoms with Gasteiger partial charge in [0.25, 0.3) is 0 Å². The van der Waals surface area contributed by atoms with Crippen molar-refractivity contribution in [3.05, 3.63) is 58.1 Å². The molecule has 0 radical (unpaired) electrons. The van der Waals surface area contributed by atoms with Gasteiger partial charge in [-0.2, -0.15) is 0 Å². The first kappa shape index (κ1) is 15.4. The number of aliphatic hydroxyl groups excluding tert-OH is 1. The SMILES string of the molecule is COc1cc(C)c(C(O)c2cccc(C)c2C)cc1OC. The van der Waals surface area contributed by atoms with E-state index in [0.29, 0.717) is 11.5 Å². The minimum absolute atomic E-state index is 0.627. The fraction of sp³-hybridized carbons (Fsp3) is 0.333. The summed E-state index contributed by atoms with van der Waals surface area (Å²) in [5, 5.41) is 10.8. The largest absolute Gasteiger partial charge is 0.493 e. The van der Waals surface area contributed by atoms with E-state index in [1.54, 1.807) is 14.2 Å². The van der Waals surface area contributed by atoms with Gasteiger partial charge < -0.3 is 14.6 Å². The molecule has 112 valence electrons. The summed E-state index contributed by atoms with van der Waals surface area (Å²) in [6.07, 6.45) is -0.676. The number of methoxy groups -OCH3 is 2. The fourth-order valence-corrected chi connectivity index (χ4v) is 2.53. The lowest BCUT2D eigenvalue weighted by Gasteiger charge is -2.19. The van der Waals surface area contributed by atoms with Gasteiger partial charge in [0.05, 0.1) is 14.2 Å². The Labute approximate surface area is 126 Å². The minimum atomic E-state index is -0.676. The molecule has 0 aliphatic carbocycles. The van der Waals surface area contributed by atoms with Gasteiger partial charge in [0.15, 0.2) is 11.5 Å². The molecule has 3 nitrogen and oxygen atoms in total. The zero-order valence-electron chi connectivity index (χ0n) is 13.2. The van der Waals surface area contributed by atoms with Gasteiger partial charge in [0.2, 0.25) is 0 Å². The summed E-state index contributed by atoms with van der Waals surface area (Å²) in [5.41, 5.74) is 5.01. The summed E-state index contributed by atoms with van der Waals surface area (Å²) < 4.78 is 10.6. The Balaban J connectivity index is 2.53. The van der Waals surface area contributed by atoms with Crippen LogP contribution in [-0.4, -0.2) is 19.3 Å². The van der Waals surface area contributed by atoms with E-state index in [9.17, 15) is 5.11 Å². The molecule has 0 aliphatic rings. The van der Waals surface area contributed by atoms with Gasteiger partial charge in [0.1, 0.15) is 6.10 Å².